The summed E-state index contributed by atoms with van der Waals surface area (Å²) in [6.45, 7) is 7.63. The van der Waals surface area contributed by atoms with Crippen molar-refractivity contribution >= 4 is 39.2 Å². The first kappa shape index (κ1) is 27.3. The highest BCUT2D eigenvalue weighted by Gasteiger charge is 2.41. The van der Waals surface area contributed by atoms with Gasteiger partial charge < -0.3 is 5.32 Å². The smallest absolute Gasteiger partial charge is 0.348 e. The fourth-order valence-electron chi connectivity index (χ4n) is 4.01. The minimum absolute atomic E-state index is 0.0187. The lowest BCUT2D eigenvalue weighted by Gasteiger charge is -2.30. The van der Waals surface area contributed by atoms with Crippen LogP contribution in [0.4, 0.5) is 20.2 Å². The van der Waals surface area contributed by atoms with Crippen LogP contribution in [0.2, 0.25) is 5.02 Å². The van der Waals surface area contributed by atoms with Crippen LogP contribution in [0.25, 0.3) is 0 Å². The summed E-state index contributed by atoms with van der Waals surface area (Å²) in [7, 11) is -3.48. The van der Waals surface area contributed by atoms with Gasteiger partial charge in [0, 0.05) is 36.9 Å². The number of nitrogens with one attached hydrogen (secondary N) is 1. The Labute approximate surface area is 209 Å². The molecule has 194 valence electrons. The molecule has 2 aromatic rings. The van der Waals surface area contributed by atoms with Gasteiger partial charge in [0.05, 0.1) is 11.4 Å². The Morgan fingerprint density at radius 3 is 2.29 bits per heavy atom. The van der Waals surface area contributed by atoms with Crippen molar-refractivity contribution in [1.29, 1.82) is 0 Å². The largest absolute Gasteiger partial charge is 0.364 e. The van der Waals surface area contributed by atoms with Crippen LogP contribution in [0.15, 0.2) is 24.3 Å². The number of aryl methyl sites for hydroxylation is 1. The van der Waals surface area contributed by atoms with Crippen molar-refractivity contribution in [2.24, 2.45) is 12.5 Å². The van der Waals surface area contributed by atoms with E-state index in [1.165, 1.54) is 36.0 Å². The van der Waals surface area contributed by atoms with Gasteiger partial charge in [-0.15, -0.1) is 0 Å². The van der Waals surface area contributed by atoms with Gasteiger partial charge in [0.2, 0.25) is 5.92 Å². The second kappa shape index (κ2) is 9.67. The molecule has 2 N–H and O–H groups in total. The van der Waals surface area contributed by atoms with E-state index in [4.69, 9.17) is 11.6 Å². The first-order chi connectivity index (χ1) is 16.0. The Kier molecular flexibility index (Phi) is 7.55. The van der Waals surface area contributed by atoms with Gasteiger partial charge in [0.1, 0.15) is 5.69 Å². The first-order valence-corrected chi connectivity index (χ1v) is 13.1. The van der Waals surface area contributed by atoms with Crippen LogP contribution in [0.3, 0.4) is 0 Å². The second-order valence-electron chi connectivity index (χ2n) is 10.1. The fraction of sp³-hybridized carbons (Fsp3) is 0.565. The summed E-state index contributed by atoms with van der Waals surface area (Å²) in [4.78, 5) is 13.4. The van der Waals surface area contributed by atoms with Crippen LogP contribution >= 0.6 is 11.6 Å². The Bertz CT molecular complexity index is 1180. The summed E-state index contributed by atoms with van der Waals surface area (Å²) in [6, 6.07) is 5.33. The third-order valence-corrected chi connectivity index (χ3v) is 7.62. The molecule has 1 aromatic carbocycles. The molecule has 0 radical (unpaired) electrons. The predicted molar refractivity (Wildman–Crippen MR) is 131 cm³/mol. The molecule has 1 aromatic heterocycles. The average molecular weight is 533 g/mol. The molecule has 1 heterocycles. The number of halogens is 3. The molecule has 0 aliphatic heterocycles. The summed E-state index contributed by atoms with van der Waals surface area (Å²) in [5.74, 6) is -3.95. The summed E-state index contributed by atoms with van der Waals surface area (Å²) < 4.78 is 65.2. The molecule has 12 heteroatoms. The van der Waals surface area contributed by atoms with Crippen LogP contribution in [0.1, 0.15) is 75.5 Å². The molecule has 1 fully saturated rings. The molecular weight excluding hydrogens is 502 g/mol. The van der Waals surface area contributed by atoms with Crippen LogP contribution in [-0.2, 0) is 17.4 Å². The minimum Gasteiger partial charge on any atom is -0.348 e. The summed E-state index contributed by atoms with van der Waals surface area (Å²) in [6.07, 6.45) is -0.668. The van der Waals surface area contributed by atoms with Gasteiger partial charge in [-0.3, -0.25) is 14.0 Å². The number of carbonyl (C=O) groups is 1. The maximum atomic E-state index is 13.9. The van der Waals surface area contributed by atoms with E-state index >= 15 is 0 Å². The number of amides is 1. The first-order valence-electron chi connectivity index (χ1n) is 11.3. The van der Waals surface area contributed by atoms with E-state index in [1.807, 2.05) is 27.7 Å². The number of hydrogen-bond acceptors (Lipinski definition) is 4. The van der Waals surface area contributed by atoms with Crippen LogP contribution in [-0.4, -0.2) is 40.6 Å². The highest BCUT2D eigenvalue weighted by atomic mass is 35.5. The second-order valence-corrected chi connectivity index (χ2v) is 11.8. The highest BCUT2D eigenvalue weighted by molar-refractivity contribution is 7.87. The fourth-order valence-corrected chi connectivity index (χ4v) is 4.94. The van der Waals surface area contributed by atoms with E-state index in [9.17, 15) is 26.5 Å². The molecule has 1 aliphatic carbocycles. The number of nitrogens with zero attached hydrogens (tertiary/aromatic N) is 3. The highest BCUT2D eigenvalue weighted by Crippen LogP contribution is 2.46. The van der Waals surface area contributed by atoms with Gasteiger partial charge in [-0.25, -0.2) is 13.1 Å². The SMILES string of the molecule is CC(NC(=O)c1c(N(c2ccc(Cl)cc2)S(=O)(=O)O)c(C2CCC(F)(F)CC2)nn1C)C(C)(C)C. The number of alkyl halides is 2. The van der Waals surface area contributed by atoms with Gasteiger partial charge in [-0.1, -0.05) is 32.4 Å². The Morgan fingerprint density at radius 2 is 1.80 bits per heavy atom. The number of aromatic nitrogens is 2. The van der Waals surface area contributed by atoms with E-state index in [1.54, 1.807) is 0 Å². The standard InChI is InChI=1S/C23H31ClF2N4O4S/c1-14(22(2,3)4)27-21(31)20-19(30(35(32,33)34)17-8-6-16(24)7-9-17)18(28-29(20)5)15-10-12-23(25,26)13-11-15/h6-9,14-15H,10-13H2,1-5H3,(H,27,31)(H,32,33,34). The molecule has 0 spiro atoms. The molecule has 0 saturated heterocycles. The molecule has 1 atom stereocenters. The molecule has 35 heavy (non-hydrogen) atoms. The molecule has 3 rings (SSSR count). The molecular formula is C23H31ClF2N4O4S. The zero-order valence-corrected chi connectivity index (χ0v) is 21.9. The monoisotopic (exact) mass is 532 g/mol. The number of carbonyl (C=O) groups excluding carboxylic acids is 1. The van der Waals surface area contributed by atoms with E-state index in [0.717, 1.165) is 0 Å². The van der Waals surface area contributed by atoms with Crippen molar-refractivity contribution in [1.82, 2.24) is 15.1 Å². The zero-order valence-electron chi connectivity index (χ0n) is 20.3. The predicted octanol–water partition coefficient (Wildman–Crippen LogP) is 5.47. The van der Waals surface area contributed by atoms with Crippen molar-refractivity contribution < 1.29 is 26.5 Å². The quantitative estimate of drug-likeness (QED) is 0.480. The molecule has 0 bridgehead atoms. The molecule has 1 saturated carbocycles. The van der Waals surface area contributed by atoms with Gasteiger partial charge >= 0.3 is 10.3 Å². The van der Waals surface area contributed by atoms with Gasteiger partial charge in [0.15, 0.2) is 5.69 Å². The van der Waals surface area contributed by atoms with Gasteiger partial charge in [-0.2, -0.15) is 13.5 Å². The van der Waals surface area contributed by atoms with Crippen molar-refractivity contribution in [3.05, 3.63) is 40.7 Å². The number of anilines is 2. The van der Waals surface area contributed by atoms with Crippen molar-refractivity contribution in [3.8, 4) is 0 Å². The van der Waals surface area contributed by atoms with Gasteiger partial charge in [0.25, 0.3) is 5.91 Å². The molecule has 1 amide bonds. The maximum absolute atomic E-state index is 13.9. The van der Waals surface area contributed by atoms with Crippen LogP contribution in [0, 0.1) is 5.41 Å². The summed E-state index contributed by atoms with van der Waals surface area (Å²) >= 11 is 5.96. The Balaban J connectivity index is 2.21. The summed E-state index contributed by atoms with van der Waals surface area (Å²) in [5.41, 5.74) is -0.396. The van der Waals surface area contributed by atoms with Crippen molar-refractivity contribution in [2.75, 3.05) is 4.31 Å². The lowest BCUT2D eigenvalue weighted by Crippen LogP contribution is -2.42. The normalized spacial score (nSPS) is 17.7. The third-order valence-electron chi connectivity index (χ3n) is 6.51. The van der Waals surface area contributed by atoms with Crippen molar-refractivity contribution in [2.45, 2.75) is 71.3 Å². The Hall–Kier alpha value is -2.24. The third kappa shape index (κ3) is 6.13. The van der Waals surface area contributed by atoms with Crippen LogP contribution < -0.4 is 9.62 Å². The topological polar surface area (TPSA) is 105 Å². The van der Waals surface area contributed by atoms with E-state index in [2.05, 4.69) is 10.4 Å². The lowest BCUT2D eigenvalue weighted by molar-refractivity contribution is -0.0384. The number of hydrogen-bond donors (Lipinski definition) is 2. The Morgan fingerprint density at radius 1 is 1.26 bits per heavy atom. The number of benzene rings is 1. The zero-order chi connectivity index (χ0) is 26.3. The lowest BCUT2D eigenvalue weighted by atomic mass is 9.84. The van der Waals surface area contributed by atoms with E-state index < -0.39 is 28.1 Å². The molecule has 1 unspecified atom stereocenters. The maximum Gasteiger partial charge on any atom is 0.364 e. The van der Waals surface area contributed by atoms with E-state index in [-0.39, 0.29) is 59.9 Å². The average Bonchev–Trinajstić information content (AvgIpc) is 3.04. The van der Waals surface area contributed by atoms with Crippen molar-refractivity contribution in [3.63, 3.8) is 0 Å². The van der Waals surface area contributed by atoms with E-state index in [0.29, 0.717) is 9.33 Å². The van der Waals surface area contributed by atoms with Gasteiger partial charge in [-0.05, 0) is 49.4 Å². The molecule has 8 nitrogen and oxygen atoms in total. The number of rotatable bonds is 6. The van der Waals surface area contributed by atoms with Crippen LogP contribution in [0.5, 0.6) is 0 Å². The minimum atomic E-state index is -4.96. The molecule has 1 aliphatic rings. The summed E-state index contributed by atoms with van der Waals surface area (Å²) in [5, 5.41) is 7.62.